The van der Waals surface area contributed by atoms with Gasteiger partial charge in [0.1, 0.15) is 11.4 Å². The van der Waals surface area contributed by atoms with Gasteiger partial charge in [-0.2, -0.15) is 0 Å². The van der Waals surface area contributed by atoms with Crippen molar-refractivity contribution in [2.75, 3.05) is 6.54 Å². The Balaban J connectivity index is 4.25. The van der Waals surface area contributed by atoms with Crippen LogP contribution < -0.4 is 11.5 Å². The molecule has 0 radical (unpaired) electrons. The van der Waals surface area contributed by atoms with Crippen molar-refractivity contribution in [1.29, 1.82) is 0 Å². The Labute approximate surface area is 100 Å². The van der Waals surface area contributed by atoms with Gasteiger partial charge in [0.05, 0.1) is 12.4 Å². The molecule has 0 spiro atoms. The zero-order valence-corrected chi connectivity index (χ0v) is 10.2. The number of rotatable bonds is 7. The molecule has 0 fully saturated rings. The molecular formula is C11H20FN3O2. The molecule has 0 amide bonds. The summed E-state index contributed by atoms with van der Waals surface area (Å²) in [5.74, 6) is -1.19. The summed E-state index contributed by atoms with van der Waals surface area (Å²) < 4.78 is 13.2. The zero-order valence-electron chi connectivity index (χ0n) is 10.2. The van der Waals surface area contributed by atoms with Gasteiger partial charge in [-0.1, -0.05) is 13.0 Å². The van der Waals surface area contributed by atoms with Crippen LogP contribution in [0.1, 0.15) is 33.1 Å². The summed E-state index contributed by atoms with van der Waals surface area (Å²) in [4.78, 5) is 14.6. The lowest BCUT2D eigenvalue weighted by atomic mass is 9.92. The van der Waals surface area contributed by atoms with Crippen LogP contribution in [0, 0.1) is 0 Å². The average Bonchev–Trinajstić information content (AvgIpc) is 2.25. The van der Waals surface area contributed by atoms with Gasteiger partial charge < -0.3 is 16.6 Å². The summed E-state index contributed by atoms with van der Waals surface area (Å²) in [5, 5.41) is 8.90. The maximum absolute atomic E-state index is 13.2. The van der Waals surface area contributed by atoms with Gasteiger partial charge >= 0.3 is 5.97 Å². The van der Waals surface area contributed by atoms with Crippen LogP contribution in [0.25, 0.3) is 0 Å². The fourth-order valence-corrected chi connectivity index (χ4v) is 1.19. The van der Waals surface area contributed by atoms with Crippen molar-refractivity contribution in [3.8, 4) is 0 Å². The predicted octanol–water partition coefficient (Wildman–Crippen LogP) is 1.19. The Bertz CT molecular complexity index is 325. The van der Waals surface area contributed by atoms with Crippen molar-refractivity contribution in [2.45, 2.75) is 38.6 Å². The summed E-state index contributed by atoms with van der Waals surface area (Å²) in [5.41, 5.74) is 9.62. The van der Waals surface area contributed by atoms with Crippen molar-refractivity contribution in [3.63, 3.8) is 0 Å². The van der Waals surface area contributed by atoms with Gasteiger partial charge in [-0.3, -0.25) is 9.79 Å². The highest BCUT2D eigenvalue weighted by atomic mass is 19.1. The molecule has 0 aliphatic rings. The number of hydrogen-bond donors (Lipinski definition) is 3. The van der Waals surface area contributed by atoms with Crippen LogP contribution in [0.4, 0.5) is 4.39 Å². The minimum absolute atomic E-state index is 0.112. The highest BCUT2D eigenvalue weighted by molar-refractivity contribution is 5.78. The third kappa shape index (κ3) is 6.01. The molecule has 5 nitrogen and oxygen atoms in total. The predicted molar refractivity (Wildman–Crippen MR) is 65.4 cm³/mol. The van der Waals surface area contributed by atoms with E-state index in [0.717, 1.165) is 0 Å². The molecule has 0 bridgehead atoms. The first-order valence-electron chi connectivity index (χ1n) is 5.45. The summed E-state index contributed by atoms with van der Waals surface area (Å²) >= 11 is 0. The van der Waals surface area contributed by atoms with Gasteiger partial charge in [-0.15, -0.1) is 0 Å². The number of amidine groups is 1. The van der Waals surface area contributed by atoms with Gasteiger partial charge in [0.25, 0.3) is 0 Å². The van der Waals surface area contributed by atoms with Crippen LogP contribution in [-0.4, -0.2) is 29.0 Å². The number of allylic oxidation sites excluding steroid dienone is 1. The van der Waals surface area contributed by atoms with E-state index < -0.39 is 17.3 Å². The number of aliphatic carboxylic acids is 1. The summed E-state index contributed by atoms with van der Waals surface area (Å²) in [6, 6.07) is 0. The fraction of sp³-hybridized carbons (Fsp3) is 0.636. The standard InChI is InChI=1S/C11H20FN3O2/c1-3-11(14,10(16)17)6-4-5-9(12)7-15-8(2)13/h5H,3-4,6-7,14H2,1-2H3,(H2,13,15)(H,16,17)/b9-5-. The first kappa shape index (κ1) is 15.6. The van der Waals surface area contributed by atoms with E-state index in [4.69, 9.17) is 16.6 Å². The molecule has 5 N–H and O–H groups in total. The second-order valence-corrected chi connectivity index (χ2v) is 3.96. The molecule has 0 saturated carbocycles. The molecular weight excluding hydrogens is 225 g/mol. The number of carbonyl (C=O) groups is 1. The van der Waals surface area contributed by atoms with Gasteiger partial charge in [-0.25, -0.2) is 4.39 Å². The van der Waals surface area contributed by atoms with Crippen molar-refractivity contribution in [1.82, 2.24) is 0 Å². The first-order valence-corrected chi connectivity index (χ1v) is 5.45. The number of carboxylic acid groups (broad SMARTS) is 1. The second-order valence-electron chi connectivity index (χ2n) is 3.96. The zero-order chi connectivity index (χ0) is 13.5. The van der Waals surface area contributed by atoms with Crippen LogP contribution in [0.2, 0.25) is 0 Å². The van der Waals surface area contributed by atoms with E-state index in [0.29, 0.717) is 12.3 Å². The van der Waals surface area contributed by atoms with Gasteiger partial charge in [0.15, 0.2) is 0 Å². The summed E-state index contributed by atoms with van der Waals surface area (Å²) in [6.07, 6.45) is 2.06. The number of halogens is 1. The molecule has 0 rings (SSSR count). The van der Waals surface area contributed by atoms with E-state index in [9.17, 15) is 9.18 Å². The van der Waals surface area contributed by atoms with Crippen LogP contribution >= 0.6 is 0 Å². The quantitative estimate of drug-likeness (QED) is 0.463. The molecule has 6 heteroatoms. The van der Waals surface area contributed by atoms with Gasteiger partial charge in [0.2, 0.25) is 0 Å². The molecule has 0 saturated heterocycles. The number of hydrogen-bond acceptors (Lipinski definition) is 3. The van der Waals surface area contributed by atoms with Crippen molar-refractivity contribution in [3.05, 3.63) is 11.9 Å². The topological polar surface area (TPSA) is 102 Å². The van der Waals surface area contributed by atoms with E-state index in [2.05, 4.69) is 4.99 Å². The first-order chi connectivity index (χ1) is 7.81. The Morgan fingerprint density at radius 1 is 1.59 bits per heavy atom. The molecule has 0 heterocycles. The molecule has 0 aromatic rings. The SMILES string of the molecule is CCC(N)(CC/C=C(\F)CN=C(C)N)C(=O)O. The Hall–Kier alpha value is -1.43. The van der Waals surface area contributed by atoms with E-state index in [-0.39, 0.29) is 19.4 Å². The Morgan fingerprint density at radius 2 is 2.18 bits per heavy atom. The molecule has 0 aromatic heterocycles. The third-order valence-corrected chi connectivity index (χ3v) is 2.49. The summed E-state index contributed by atoms with van der Waals surface area (Å²) in [6.45, 7) is 3.15. The number of aliphatic imine (C=N–C) groups is 1. The maximum Gasteiger partial charge on any atom is 0.323 e. The molecule has 0 aliphatic heterocycles. The smallest absolute Gasteiger partial charge is 0.323 e. The average molecular weight is 245 g/mol. The molecule has 1 unspecified atom stereocenters. The van der Waals surface area contributed by atoms with E-state index in [1.165, 1.54) is 6.08 Å². The molecule has 0 aliphatic carbocycles. The van der Waals surface area contributed by atoms with E-state index in [1.54, 1.807) is 13.8 Å². The molecule has 17 heavy (non-hydrogen) atoms. The third-order valence-electron chi connectivity index (χ3n) is 2.49. The minimum Gasteiger partial charge on any atom is -0.480 e. The summed E-state index contributed by atoms with van der Waals surface area (Å²) in [7, 11) is 0. The van der Waals surface area contributed by atoms with E-state index in [1.807, 2.05) is 0 Å². The van der Waals surface area contributed by atoms with Crippen molar-refractivity contribution in [2.24, 2.45) is 16.5 Å². The van der Waals surface area contributed by atoms with Crippen LogP contribution in [0.3, 0.4) is 0 Å². The van der Waals surface area contributed by atoms with Crippen LogP contribution in [-0.2, 0) is 4.79 Å². The highest BCUT2D eigenvalue weighted by Crippen LogP contribution is 2.16. The van der Waals surface area contributed by atoms with Crippen LogP contribution in [0.15, 0.2) is 16.9 Å². The number of nitrogens with two attached hydrogens (primary N) is 2. The lowest BCUT2D eigenvalue weighted by Crippen LogP contribution is -2.47. The normalized spacial score (nSPS) is 16.7. The van der Waals surface area contributed by atoms with Crippen molar-refractivity contribution >= 4 is 11.8 Å². The van der Waals surface area contributed by atoms with Crippen LogP contribution in [0.5, 0.6) is 0 Å². The lowest BCUT2D eigenvalue weighted by Gasteiger charge is -2.21. The van der Waals surface area contributed by atoms with Gasteiger partial charge in [0, 0.05) is 0 Å². The number of nitrogens with zero attached hydrogens (tertiary/aromatic N) is 1. The fourth-order valence-electron chi connectivity index (χ4n) is 1.19. The Kier molecular flexibility index (Phi) is 6.42. The van der Waals surface area contributed by atoms with Gasteiger partial charge in [-0.05, 0) is 26.2 Å². The largest absolute Gasteiger partial charge is 0.480 e. The lowest BCUT2D eigenvalue weighted by molar-refractivity contribution is -0.143. The molecule has 98 valence electrons. The molecule has 1 atom stereocenters. The molecule has 0 aromatic carbocycles. The monoisotopic (exact) mass is 245 g/mol. The second kappa shape index (κ2) is 7.01. The van der Waals surface area contributed by atoms with Crippen molar-refractivity contribution < 1.29 is 14.3 Å². The van der Waals surface area contributed by atoms with E-state index >= 15 is 0 Å². The highest BCUT2D eigenvalue weighted by Gasteiger charge is 2.30. The number of carboxylic acids is 1. The Morgan fingerprint density at radius 3 is 2.59 bits per heavy atom. The maximum atomic E-state index is 13.2. The minimum atomic E-state index is -1.29.